The third-order valence-electron chi connectivity index (χ3n) is 6.00. The summed E-state index contributed by atoms with van der Waals surface area (Å²) in [7, 11) is 1.65. The Morgan fingerprint density at radius 1 is 0.938 bits per heavy atom. The van der Waals surface area contributed by atoms with E-state index in [0.717, 1.165) is 36.2 Å². The first kappa shape index (κ1) is 30.0. The fourth-order valence-corrected chi connectivity index (χ4v) is 3.11. The molecular weight excluding hydrogens is 392 g/mol. The highest BCUT2D eigenvalue weighted by atomic mass is 16.5. The van der Waals surface area contributed by atoms with Gasteiger partial charge in [-0.1, -0.05) is 88.5 Å². The van der Waals surface area contributed by atoms with Crippen LogP contribution in [-0.4, -0.2) is 7.11 Å². The molecule has 0 unspecified atom stereocenters. The van der Waals surface area contributed by atoms with Gasteiger partial charge in [-0.3, -0.25) is 0 Å². The molecule has 0 N–H and O–H groups in total. The van der Waals surface area contributed by atoms with Gasteiger partial charge in [-0.05, 0) is 60.3 Å². The lowest BCUT2D eigenvalue weighted by molar-refractivity contribution is 0.289. The van der Waals surface area contributed by atoms with Crippen LogP contribution in [0.4, 0.5) is 0 Å². The molecule has 1 aromatic carbocycles. The molecule has 0 radical (unpaired) electrons. The average molecular weight is 443 g/mol. The topological polar surface area (TPSA) is 18.5 Å². The lowest BCUT2D eigenvalue weighted by Crippen LogP contribution is -2.19. The van der Waals surface area contributed by atoms with Crippen molar-refractivity contribution in [3.8, 4) is 0 Å². The Balaban J connectivity index is 0.00000227. The lowest BCUT2D eigenvalue weighted by atomic mass is 9.77. The summed E-state index contributed by atoms with van der Waals surface area (Å²) in [5.74, 6) is 2.76. The fraction of sp³-hybridized carbons (Fsp3) is 0.600. The largest absolute Gasteiger partial charge is 0.497 e. The molecule has 182 valence electrons. The van der Waals surface area contributed by atoms with Crippen molar-refractivity contribution < 1.29 is 9.47 Å². The highest BCUT2D eigenvalue weighted by molar-refractivity contribution is 5.61. The third kappa shape index (κ3) is 8.19. The minimum absolute atomic E-state index is 0.0598. The van der Waals surface area contributed by atoms with E-state index in [1.165, 1.54) is 11.1 Å². The summed E-state index contributed by atoms with van der Waals surface area (Å²) in [5, 5.41) is 0. The van der Waals surface area contributed by atoms with E-state index in [4.69, 9.17) is 9.47 Å². The van der Waals surface area contributed by atoms with Gasteiger partial charge >= 0.3 is 0 Å². The predicted molar refractivity (Wildman–Crippen MR) is 143 cm³/mol. The molecule has 2 rings (SSSR count). The van der Waals surface area contributed by atoms with Gasteiger partial charge in [-0.25, -0.2) is 0 Å². The maximum atomic E-state index is 6.36. The Bertz CT molecular complexity index is 784. The highest BCUT2D eigenvalue weighted by Crippen LogP contribution is 2.42. The van der Waals surface area contributed by atoms with E-state index in [0.29, 0.717) is 17.4 Å². The molecule has 0 atom stereocenters. The van der Waals surface area contributed by atoms with Gasteiger partial charge in [0.05, 0.1) is 7.11 Å². The van der Waals surface area contributed by atoms with Gasteiger partial charge in [0, 0.05) is 17.1 Å². The highest BCUT2D eigenvalue weighted by Gasteiger charge is 2.31. The zero-order valence-corrected chi connectivity index (χ0v) is 23.2. The van der Waals surface area contributed by atoms with E-state index in [2.05, 4.69) is 72.9 Å². The second-order valence-electron chi connectivity index (χ2n) is 9.70. The van der Waals surface area contributed by atoms with Crippen LogP contribution in [0.3, 0.4) is 0 Å². The molecule has 0 saturated heterocycles. The molecule has 32 heavy (non-hydrogen) atoms. The molecular formula is C30H50O2. The van der Waals surface area contributed by atoms with Gasteiger partial charge in [0.1, 0.15) is 17.3 Å². The molecule has 0 aliphatic heterocycles. The first-order valence-corrected chi connectivity index (χ1v) is 12.4. The van der Waals surface area contributed by atoms with Crippen LogP contribution in [0.1, 0.15) is 112 Å². The molecule has 1 aliphatic rings. The molecule has 2 heteroatoms. The SMILES string of the molecule is C=C(OC)/C(C)=C(/OC(=C)c1cc(C(C)(C)C)cc(C(C)(C)CC)c1)C1CC1.CC.CC. The average Bonchev–Trinajstić information content (AvgIpc) is 3.63. The summed E-state index contributed by atoms with van der Waals surface area (Å²) in [6.45, 7) is 31.9. The van der Waals surface area contributed by atoms with Crippen molar-refractivity contribution in [1.82, 2.24) is 0 Å². The van der Waals surface area contributed by atoms with E-state index in [-0.39, 0.29) is 10.8 Å². The molecule has 0 heterocycles. The fourth-order valence-electron chi connectivity index (χ4n) is 3.11. The Hall–Kier alpha value is -1.96. The molecule has 1 fully saturated rings. The van der Waals surface area contributed by atoms with E-state index in [1.54, 1.807) is 7.11 Å². The Labute approximate surface area is 199 Å². The Morgan fingerprint density at radius 3 is 1.84 bits per heavy atom. The number of hydrogen-bond acceptors (Lipinski definition) is 2. The predicted octanol–water partition coefficient (Wildman–Crippen LogP) is 9.56. The number of hydrogen-bond donors (Lipinski definition) is 0. The zero-order valence-electron chi connectivity index (χ0n) is 23.2. The molecule has 0 amide bonds. The van der Waals surface area contributed by atoms with Crippen molar-refractivity contribution in [2.45, 2.75) is 106 Å². The first-order valence-electron chi connectivity index (χ1n) is 12.4. The van der Waals surface area contributed by atoms with Gasteiger partial charge in [0.2, 0.25) is 0 Å². The number of allylic oxidation sites excluding steroid dienone is 2. The number of ether oxygens (including phenoxy) is 2. The second-order valence-corrected chi connectivity index (χ2v) is 9.70. The Morgan fingerprint density at radius 2 is 1.44 bits per heavy atom. The number of methoxy groups -OCH3 is 1. The minimum Gasteiger partial charge on any atom is -0.497 e. The molecule has 0 aromatic heterocycles. The van der Waals surface area contributed by atoms with Crippen LogP contribution in [0.15, 0.2) is 48.4 Å². The van der Waals surface area contributed by atoms with E-state index in [9.17, 15) is 0 Å². The van der Waals surface area contributed by atoms with Gasteiger partial charge in [-0.2, -0.15) is 0 Å². The summed E-state index contributed by atoms with van der Waals surface area (Å²) in [6, 6.07) is 6.81. The van der Waals surface area contributed by atoms with Crippen LogP contribution in [0.25, 0.3) is 5.76 Å². The van der Waals surface area contributed by atoms with Crippen LogP contribution in [0, 0.1) is 5.92 Å². The van der Waals surface area contributed by atoms with Gasteiger partial charge in [0.15, 0.2) is 0 Å². The lowest BCUT2D eigenvalue weighted by Gasteiger charge is -2.28. The van der Waals surface area contributed by atoms with Crippen molar-refractivity contribution >= 4 is 5.76 Å². The maximum absolute atomic E-state index is 6.36. The van der Waals surface area contributed by atoms with Crippen molar-refractivity contribution in [2.75, 3.05) is 7.11 Å². The van der Waals surface area contributed by atoms with Crippen molar-refractivity contribution in [2.24, 2.45) is 5.92 Å². The summed E-state index contributed by atoms with van der Waals surface area (Å²) in [6.07, 6.45) is 3.37. The number of rotatable bonds is 8. The van der Waals surface area contributed by atoms with E-state index >= 15 is 0 Å². The quantitative estimate of drug-likeness (QED) is 0.295. The van der Waals surface area contributed by atoms with E-state index < -0.39 is 0 Å². The normalized spacial score (nSPS) is 14.1. The summed E-state index contributed by atoms with van der Waals surface area (Å²) in [5.41, 5.74) is 4.83. The smallest absolute Gasteiger partial charge is 0.127 e. The van der Waals surface area contributed by atoms with Gasteiger partial charge < -0.3 is 9.47 Å². The van der Waals surface area contributed by atoms with Crippen LogP contribution in [0.5, 0.6) is 0 Å². The monoisotopic (exact) mass is 442 g/mol. The molecule has 0 bridgehead atoms. The molecule has 1 aliphatic carbocycles. The maximum Gasteiger partial charge on any atom is 0.127 e. The minimum atomic E-state index is 0.0598. The third-order valence-corrected chi connectivity index (χ3v) is 6.00. The summed E-state index contributed by atoms with van der Waals surface area (Å²) < 4.78 is 11.7. The summed E-state index contributed by atoms with van der Waals surface area (Å²) in [4.78, 5) is 0. The molecule has 2 nitrogen and oxygen atoms in total. The van der Waals surface area contributed by atoms with Crippen molar-refractivity contribution in [3.05, 3.63) is 65.1 Å². The van der Waals surface area contributed by atoms with Gasteiger partial charge in [0.25, 0.3) is 0 Å². The summed E-state index contributed by atoms with van der Waals surface area (Å²) >= 11 is 0. The van der Waals surface area contributed by atoms with Crippen LogP contribution in [-0.2, 0) is 20.3 Å². The Kier molecular flexibility index (Phi) is 12.1. The van der Waals surface area contributed by atoms with Crippen LogP contribution >= 0.6 is 0 Å². The van der Waals surface area contributed by atoms with Crippen LogP contribution in [0.2, 0.25) is 0 Å². The molecule has 1 aromatic rings. The van der Waals surface area contributed by atoms with Crippen LogP contribution < -0.4 is 0 Å². The number of benzene rings is 1. The molecule has 1 saturated carbocycles. The second kappa shape index (κ2) is 12.9. The first-order chi connectivity index (χ1) is 14.9. The van der Waals surface area contributed by atoms with Crippen molar-refractivity contribution in [3.63, 3.8) is 0 Å². The zero-order chi connectivity index (χ0) is 25.3. The van der Waals surface area contributed by atoms with Crippen molar-refractivity contribution in [1.29, 1.82) is 0 Å². The standard InChI is InChI=1S/C26H38O2.2C2H6/c1-11-26(8,9)23-15-21(14-22(16-23)25(5,6)7)19(4)28-24(20-12-13-20)17(2)18(3)27-10;2*1-2/h14-16,20H,3-4,11-13H2,1-2,5-10H3;2*1-2H3/b24-17+;;. The van der Waals surface area contributed by atoms with Gasteiger partial charge in [-0.15, -0.1) is 0 Å². The molecule has 0 spiro atoms. The van der Waals surface area contributed by atoms with E-state index in [1.807, 2.05) is 34.6 Å².